The number of carbonyl (C=O) groups is 3. The first-order valence-corrected chi connectivity index (χ1v) is 6.52. The van der Waals surface area contributed by atoms with Crippen LogP contribution < -0.4 is 0 Å². The van der Waals surface area contributed by atoms with E-state index < -0.39 is 24.0 Å². The molecule has 0 aliphatic carbocycles. The van der Waals surface area contributed by atoms with Crippen molar-refractivity contribution in [2.45, 2.75) is 13.3 Å². The van der Waals surface area contributed by atoms with E-state index >= 15 is 0 Å². The van der Waals surface area contributed by atoms with Crippen molar-refractivity contribution in [2.75, 3.05) is 6.61 Å². The van der Waals surface area contributed by atoms with E-state index in [1.54, 1.807) is 13.0 Å². The first kappa shape index (κ1) is 13.4. The number of para-hydroxylation sites is 1. The smallest absolute Gasteiger partial charge is 0.375 e. The monoisotopic (exact) mass is 277 g/mol. The Balaban J connectivity index is 2.11. The van der Waals surface area contributed by atoms with Gasteiger partial charge in [0.1, 0.15) is 0 Å². The fourth-order valence-electron chi connectivity index (χ4n) is 1.50. The molecule has 98 valence electrons. The molecule has 0 saturated heterocycles. The summed E-state index contributed by atoms with van der Waals surface area (Å²) in [7, 11) is 0. The molecule has 0 amide bonds. The van der Waals surface area contributed by atoms with Gasteiger partial charge in [-0.3, -0.25) is 9.59 Å². The maximum Gasteiger partial charge on any atom is 0.375 e. The molecule has 0 spiro atoms. The number of fused-ring (bicyclic) bond motifs is 1. The van der Waals surface area contributed by atoms with Crippen molar-refractivity contribution in [3.05, 3.63) is 29.3 Å². The number of esters is 1. The molecule has 1 aromatic carbocycles. The molecule has 0 aliphatic rings. The third kappa shape index (κ3) is 3.03. The van der Waals surface area contributed by atoms with Crippen molar-refractivity contribution in [2.24, 2.45) is 0 Å². The summed E-state index contributed by atoms with van der Waals surface area (Å²) in [6, 6.07) is 7.30. The van der Waals surface area contributed by atoms with Gasteiger partial charge in [-0.05, 0) is 19.1 Å². The van der Waals surface area contributed by atoms with Crippen LogP contribution in [-0.2, 0) is 14.3 Å². The van der Waals surface area contributed by atoms with E-state index in [4.69, 9.17) is 0 Å². The van der Waals surface area contributed by atoms with Gasteiger partial charge >= 0.3 is 5.97 Å². The summed E-state index contributed by atoms with van der Waals surface area (Å²) in [6.45, 7) is 1.71. The highest BCUT2D eigenvalue weighted by Gasteiger charge is 2.22. The van der Waals surface area contributed by atoms with Crippen LogP contribution in [0.15, 0.2) is 24.3 Å². The van der Waals surface area contributed by atoms with Crippen molar-refractivity contribution in [3.63, 3.8) is 0 Å². The average molecular weight is 277 g/mol. The van der Waals surface area contributed by atoms with Crippen molar-refractivity contribution < 1.29 is 19.1 Å². The molecule has 1 aromatic heterocycles. The average Bonchev–Trinajstić information content (AvgIpc) is 2.82. The number of hydrogen-bond acceptors (Lipinski definition) is 6. The lowest BCUT2D eigenvalue weighted by atomic mass is 10.2. The van der Waals surface area contributed by atoms with Gasteiger partial charge in [0, 0.05) is 0 Å². The third-order valence-corrected chi connectivity index (χ3v) is 3.43. The van der Waals surface area contributed by atoms with Crippen molar-refractivity contribution in [3.8, 4) is 0 Å². The van der Waals surface area contributed by atoms with Gasteiger partial charge in [-0.2, -0.15) is 0 Å². The number of ether oxygens (including phenoxy) is 1. The van der Waals surface area contributed by atoms with Gasteiger partial charge in [0.05, 0.1) is 23.2 Å². The number of ketones is 2. The fraction of sp³-hybridized carbons (Fsp3) is 0.231. The van der Waals surface area contributed by atoms with Gasteiger partial charge in [0.25, 0.3) is 0 Å². The lowest BCUT2D eigenvalue weighted by molar-refractivity contribution is -0.153. The van der Waals surface area contributed by atoms with E-state index in [2.05, 4.69) is 9.72 Å². The van der Waals surface area contributed by atoms with Crippen LogP contribution >= 0.6 is 11.3 Å². The van der Waals surface area contributed by atoms with Gasteiger partial charge in [-0.25, -0.2) is 9.78 Å². The molecule has 1 heterocycles. The summed E-state index contributed by atoms with van der Waals surface area (Å²) < 4.78 is 5.41. The molecule has 0 atom stereocenters. The minimum absolute atomic E-state index is 0.111. The largest absolute Gasteiger partial charge is 0.460 e. The van der Waals surface area contributed by atoms with Crippen LogP contribution in [0.1, 0.15) is 23.1 Å². The lowest BCUT2D eigenvalue weighted by Gasteiger charge is -1.98. The van der Waals surface area contributed by atoms with E-state index in [-0.39, 0.29) is 11.6 Å². The second-order valence-electron chi connectivity index (χ2n) is 3.73. The van der Waals surface area contributed by atoms with Crippen LogP contribution in [-0.4, -0.2) is 29.1 Å². The van der Waals surface area contributed by atoms with Gasteiger partial charge in [-0.1, -0.05) is 12.1 Å². The first-order valence-electron chi connectivity index (χ1n) is 5.70. The van der Waals surface area contributed by atoms with Crippen molar-refractivity contribution in [1.82, 2.24) is 4.98 Å². The summed E-state index contributed by atoms with van der Waals surface area (Å²) in [5.74, 6) is -2.28. The predicted octanol–water partition coefficient (Wildman–Crippen LogP) is 2.00. The van der Waals surface area contributed by atoms with Gasteiger partial charge in [0.15, 0.2) is 10.8 Å². The normalized spacial score (nSPS) is 10.4. The van der Waals surface area contributed by atoms with E-state index in [0.29, 0.717) is 5.52 Å². The maximum atomic E-state index is 11.9. The minimum atomic E-state index is -0.975. The molecule has 5 nitrogen and oxygen atoms in total. The van der Waals surface area contributed by atoms with Crippen molar-refractivity contribution in [1.29, 1.82) is 0 Å². The zero-order valence-corrected chi connectivity index (χ0v) is 11.0. The molecule has 2 rings (SSSR count). The number of rotatable bonds is 5. The van der Waals surface area contributed by atoms with E-state index in [9.17, 15) is 14.4 Å². The molecule has 0 fully saturated rings. The van der Waals surface area contributed by atoms with Crippen LogP contribution in [0.3, 0.4) is 0 Å². The molecule has 6 heteroatoms. The highest BCUT2D eigenvalue weighted by Crippen LogP contribution is 2.22. The van der Waals surface area contributed by atoms with E-state index in [1.165, 1.54) is 11.3 Å². The minimum Gasteiger partial charge on any atom is -0.460 e. The molecule has 0 N–H and O–H groups in total. The molecule has 0 saturated carbocycles. The number of thiazole rings is 1. The number of benzene rings is 1. The Morgan fingerprint density at radius 3 is 2.68 bits per heavy atom. The molecule has 0 radical (unpaired) electrons. The number of Topliss-reactive ketones (excluding diaryl/α,β-unsaturated/α-hetero) is 2. The molecular formula is C13H11NO4S. The summed E-state index contributed by atoms with van der Waals surface area (Å²) in [6.07, 6.45) is -0.501. The van der Waals surface area contributed by atoms with Gasteiger partial charge in [0.2, 0.25) is 5.78 Å². The Morgan fingerprint density at radius 2 is 2.00 bits per heavy atom. The Morgan fingerprint density at radius 1 is 1.26 bits per heavy atom. The number of aromatic nitrogens is 1. The predicted molar refractivity (Wildman–Crippen MR) is 70.2 cm³/mol. The van der Waals surface area contributed by atoms with E-state index in [1.807, 2.05) is 18.2 Å². The van der Waals surface area contributed by atoms with Crippen molar-refractivity contribution >= 4 is 39.1 Å². The van der Waals surface area contributed by atoms with Crippen LogP contribution in [0.4, 0.5) is 0 Å². The number of carbonyl (C=O) groups excluding carboxylic acids is 3. The quantitative estimate of drug-likeness (QED) is 0.362. The maximum absolute atomic E-state index is 11.9. The molecule has 0 aliphatic heterocycles. The lowest BCUT2D eigenvalue weighted by Crippen LogP contribution is -2.20. The second-order valence-corrected chi connectivity index (χ2v) is 4.76. The summed E-state index contributed by atoms with van der Waals surface area (Å²) in [5, 5.41) is 0.235. The zero-order chi connectivity index (χ0) is 13.8. The highest BCUT2D eigenvalue weighted by atomic mass is 32.1. The topological polar surface area (TPSA) is 73.3 Å². The van der Waals surface area contributed by atoms with Crippen LogP contribution in [0.2, 0.25) is 0 Å². The Hall–Kier alpha value is -2.08. The SMILES string of the molecule is CCOC(=O)C(=O)CC(=O)c1nc2ccccc2s1. The Bertz CT molecular complexity index is 614. The molecule has 19 heavy (non-hydrogen) atoms. The second kappa shape index (κ2) is 5.71. The van der Waals surface area contributed by atoms with Crippen LogP contribution in [0, 0.1) is 0 Å². The van der Waals surface area contributed by atoms with Gasteiger partial charge < -0.3 is 4.74 Å². The number of nitrogens with zero attached hydrogens (tertiary/aromatic N) is 1. The molecular weight excluding hydrogens is 266 g/mol. The van der Waals surface area contributed by atoms with E-state index in [0.717, 1.165) is 4.70 Å². The first-order chi connectivity index (χ1) is 9.11. The molecule has 0 bridgehead atoms. The highest BCUT2D eigenvalue weighted by molar-refractivity contribution is 7.20. The van der Waals surface area contributed by atoms with Gasteiger partial charge in [-0.15, -0.1) is 11.3 Å². The fourth-order valence-corrected chi connectivity index (χ4v) is 2.40. The summed E-state index contributed by atoms with van der Waals surface area (Å²) in [4.78, 5) is 38.5. The molecule has 0 unspecified atom stereocenters. The summed E-state index contributed by atoms with van der Waals surface area (Å²) in [5.41, 5.74) is 0.708. The third-order valence-electron chi connectivity index (χ3n) is 2.36. The molecule has 2 aromatic rings. The summed E-state index contributed by atoms with van der Waals surface area (Å²) >= 11 is 1.21. The van der Waals surface area contributed by atoms with Crippen LogP contribution in [0.5, 0.6) is 0 Å². The zero-order valence-electron chi connectivity index (χ0n) is 10.2. The Labute approximate surface area is 113 Å². The number of hydrogen-bond donors (Lipinski definition) is 0. The standard InChI is InChI=1S/C13H11NO4S/c1-2-18-13(17)10(16)7-9(15)12-14-8-5-3-4-6-11(8)19-12/h3-6H,2,7H2,1H3. The Kier molecular flexibility index (Phi) is 4.01. The van der Waals surface area contributed by atoms with Crippen LogP contribution in [0.25, 0.3) is 10.2 Å².